The molecule has 0 spiro atoms. The highest BCUT2D eigenvalue weighted by atomic mass is 16.5. The summed E-state index contributed by atoms with van der Waals surface area (Å²) in [6.45, 7) is 5.13. The van der Waals surface area contributed by atoms with Crippen LogP contribution < -0.4 is 10.1 Å². The molecule has 1 aromatic rings. The number of carbonyl (C=O) groups is 1. The van der Waals surface area contributed by atoms with Crippen LogP contribution in [0.1, 0.15) is 24.5 Å². The lowest BCUT2D eigenvalue weighted by Gasteiger charge is -2.26. The maximum atomic E-state index is 11.7. The van der Waals surface area contributed by atoms with E-state index in [0.717, 1.165) is 16.9 Å². The van der Waals surface area contributed by atoms with E-state index in [2.05, 4.69) is 5.32 Å². The van der Waals surface area contributed by atoms with Crippen molar-refractivity contribution in [3.05, 3.63) is 29.3 Å². The van der Waals surface area contributed by atoms with Crippen LogP contribution >= 0.6 is 0 Å². The molecule has 0 aliphatic heterocycles. The number of rotatable bonds is 7. The van der Waals surface area contributed by atoms with Crippen LogP contribution in [0.25, 0.3) is 0 Å². The van der Waals surface area contributed by atoms with Crippen LogP contribution in [0.2, 0.25) is 0 Å². The van der Waals surface area contributed by atoms with Crippen LogP contribution in [-0.2, 0) is 4.79 Å². The average Bonchev–Trinajstić information content (AvgIpc) is 2.42. The van der Waals surface area contributed by atoms with Gasteiger partial charge in [-0.1, -0.05) is 12.1 Å². The molecule has 20 heavy (non-hydrogen) atoms. The summed E-state index contributed by atoms with van der Waals surface area (Å²) in [7, 11) is 0. The summed E-state index contributed by atoms with van der Waals surface area (Å²) >= 11 is 0. The van der Waals surface area contributed by atoms with Gasteiger partial charge in [0.2, 0.25) is 5.91 Å². The predicted octanol–water partition coefficient (Wildman–Crippen LogP) is 0.932. The molecule has 0 aromatic heterocycles. The predicted molar refractivity (Wildman–Crippen MR) is 76.7 cm³/mol. The maximum Gasteiger partial charge on any atom is 0.224 e. The van der Waals surface area contributed by atoms with E-state index >= 15 is 0 Å². The van der Waals surface area contributed by atoms with Crippen LogP contribution in [0.5, 0.6) is 5.75 Å². The molecule has 1 rings (SSSR count). The maximum absolute atomic E-state index is 11.7. The first-order chi connectivity index (χ1) is 9.40. The Balaban J connectivity index is 2.44. The third-order valence-electron chi connectivity index (χ3n) is 3.07. The topological polar surface area (TPSA) is 78.8 Å². The van der Waals surface area contributed by atoms with Gasteiger partial charge in [-0.15, -0.1) is 0 Å². The number of aliphatic hydroxyl groups is 2. The van der Waals surface area contributed by atoms with Gasteiger partial charge in [-0.3, -0.25) is 4.79 Å². The summed E-state index contributed by atoms with van der Waals surface area (Å²) in [4.78, 5) is 11.7. The van der Waals surface area contributed by atoms with Gasteiger partial charge in [0.05, 0.1) is 31.8 Å². The highest BCUT2D eigenvalue weighted by Gasteiger charge is 2.24. The lowest BCUT2D eigenvalue weighted by atomic mass is 10.1. The number of nitrogens with one attached hydrogen (secondary N) is 1. The second-order valence-electron chi connectivity index (χ2n) is 5.29. The van der Waals surface area contributed by atoms with Crippen molar-refractivity contribution < 1.29 is 19.7 Å². The van der Waals surface area contributed by atoms with E-state index in [-0.39, 0.29) is 32.1 Å². The smallest absolute Gasteiger partial charge is 0.224 e. The number of carbonyl (C=O) groups excluding carboxylic acids is 1. The number of hydrogen-bond donors (Lipinski definition) is 3. The Hall–Kier alpha value is -1.59. The molecule has 3 N–H and O–H groups in total. The molecule has 0 fully saturated rings. The minimum absolute atomic E-state index is 0.170. The van der Waals surface area contributed by atoms with Crippen molar-refractivity contribution in [1.29, 1.82) is 0 Å². The zero-order chi connectivity index (χ0) is 15.2. The summed E-state index contributed by atoms with van der Waals surface area (Å²) < 4.78 is 5.58. The highest BCUT2D eigenvalue weighted by Crippen LogP contribution is 2.19. The van der Waals surface area contributed by atoms with Crippen molar-refractivity contribution in [2.24, 2.45) is 0 Å². The molecule has 5 nitrogen and oxygen atoms in total. The van der Waals surface area contributed by atoms with Crippen molar-refractivity contribution >= 4 is 5.91 Å². The third kappa shape index (κ3) is 4.83. The van der Waals surface area contributed by atoms with Crippen LogP contribution in [0.4, 0.5) is 0 Å². The molecule has 5 heteroatoms. The fraction of sp³-hybridized carbons (Fsp3) is 0.533. The molecule has 1 amide bonds. The van der Waals surface area contributed by atoms with E-state index in [0.29, 0.717) is 0 Å². The molecular formula is C15H23NO4. The molecule has 112 valence electrons. The van der Waals surface area contributed by atoms with E-state index in [1.54, 1.807) is 6.92 Å². The number of amides is 1. The average molecular weight is 281 g/mol. The summed E-state index contributed by atoms with van der Waals surface area (Å²) in [5.41, 5.74) is 1.13. The minimum atomic E-state index is -0.990. The SMILES string of the molecule is Cc1ccc(C)c(OCCC(=O)NC(C)(CO)CO)c1. The minimum Gasteiger partial charge on any atom is -0.493 e. The standard InChI is InChI=1S/C15H23NO4/c1-11-4-5-12(2)13(8-11)20-7-6-14(19)16-15(3,9-17)10-18/h4-5,8,17-18H,6-7,9-10H2,1-3H3,(H,16,19). The highest BCUT2D eigenvalue weighted by molar-refractivity contribution is 5.76. The molecule has 1 aromatic carbocycles. The number of ether oxygens (including phenoxy) is 1. The molecule has 0 radical (unpaired) electrons. The fourth-order valence-corrected chi connectivity index (χ4v) is 1.64. The van der Waals surface area contributed by atoms with E-state index in [1.165, 1.54) is 0 Å². The van der Waals surface area contributed by atoms with E-state index in [9.17, 15) is 4.79 Å². The van der Waals surface area contributed by atoms with E-state index in [4.69, 9.17) is 14.9 Å². The van der Waals surface area contributed by atoms with Gasteiger partial charge in [0.1, 0.15) is 5.75 Å². The first kappa shape index (κ1) is 16.5. The molecule has 0 atom stereocenters. The molecule has 0 saturated heterocycles. The molecule has 0 bridgehead atoms. The van der Waals surface area contributed by atoms with Gasteiger partial charge < -0.3 is 20.3 Å². The molecule has 0 aliphatic carbocycles. The Morgan fingerprint density at radius 1 is 1.30 bits per heavy atom. The second-order valence-corrected chi connectivity index (χ2v) is 5.29. The summed E-state index contributed by atoms with van der Waals surface area (Å²) in [5.74, 6) is 0.505. The van der Waals surface area contributed by atoms with Crippen molar-refractivity contribution in [1.82, 2.24) is 5.32 Å². The van der Waals surface area contributed by atoms with Gasteiger partial charge in [0.25, 0.3) is 0 Å². The Bertz CT molecular complexity index is 455. The van der Waals surface area contributed by atoms with Gasteiger partial charge >= 0.3 is 0 Å². The van der Waals surface area contributed by atoms with Crippen molar-refractivity contribution in [2.45, 2.75) is 32.7 Å². The van der Waals surface area contributed by atoms with Crippen LogP contribution in [0, 0.1) is 13.8 Å². The first-order valence-corrected chi connectivity index (χ1v) is 6.63. The van der Waals surface area contributed by atoms with Gasteiger partial charge in [-0.05, 0) is 38.0 Å². The van der Waals surface area contributed by atoms with Crippen molar-refractivity contribution in [3.63, 3.8) is 0 Å². The zero-order valence-corrected chi connectivity index (χ0v) is 12.3. The van der Waals surface area contributed by atoms with Gasteiger partial charge in [-0.2, -0.15) is 0 Å². The quantitative estimate of drug-likeness (QED) is 0.695. The van der Waals surface area contributed by atoms with Crippen molar-refractivity contribution in [2.75, 3.05) is 19.8 Å². The number of hydrogen-bond acceptors (Lipinski definition) is 4. The largest absolute Gasteiger partial charge is 0.493 e. The number of aryl methyl sites for hydroxylation is 2. The van der Waals surface area contributed by atoms with Gasteiger partial charge in [0, 0.05) is 0 Å². The third-order valence-corrected chi connectivity index (χ3v) is 3.07. The number of aliphatic hydroxyl groups excluding tert-OH is 2. The lowest BCUT2D eigenvalue weighted by molar-refractivity contribution is -0.124. The Kier molecular flexibility index (Phi) is 5.98. The molecule has 0 heterocycles. The van der Waals surface area contributed by atoms with E-state index < -0.39 is 5.54 Å². The van der Waals surface area contributed by atoms with Gasteiger partial charge in [0.15, 0.2) is 0 Å². The summed E-state index contributed by atoms with van der Waals surface area (Å²) in [5, 5.41) is 20.8. The normalized spacial score (nSPS) is 11.2. The monoisotopic (exact) mass is 281 g/mol. The summed E-state index contributed by atoms with van der Waals surface area (Å²) in [6, 6.07) is 5.90. The Morgan fingerprint density at radius 2 is 1.95 bits per heavy atom. The van der Waals surface area contributed by atoms with Crippen LogP contribution in [0.3, 0.4) is 0 Å². The second kappa shape index (κ2) is 7.26. The van der Waals surface area contributed by atoms with E-state index in [1.807, 2.05) is 32.0 Å². The Labute approximate surface area is 119 Å². The Morgan fingerprint density at radius 3 is 2.55 bits per heavy atom. The lowest BCUT2D eigenvalue weighted by Crippen LogP contribution is -2.51. The molecule has 0 aliphatic rings. The van der Waals surface area contributed by atoms with Crippen molar-refractivity contribution in [3.8, 4) is 5.75 Å². The zero-order valence-electron chi connectivity index (χ0n) is 12.3. The fourth-order valence-electron chi connectivity index (χ4n) is 1.64. The van der Waals surface area contributed by atoms with Crippen LogP contribution in [0.15, 0.2) is 18.2 Å². The summed E-state index contributed by atoms with van der Waals surface area (Å²) in [6.07, 6.45) is 0.170. The van der Waals surface area contributed by atoms with Gasteiger partial charge in [-0.25, -0.2) is 0 Å². The number of benzene rings is 1. The molecule has 0 saturated carbocycles. The molecule has 0 unspecified atom stereocenters. The first-order valence-electron chi connectivity index (χ1n) is 6.63. The molecular weight excluding hydrogens is 258 g/mol. The van der Waals surface area contributed by atoms with Crippen LogP contribution in [-0.4, -0.2) is 41.5 Å².